The van der Waals surface area contributed by atoms with E-state index in [-0.39, 0.29) is 12.5 Å². The lowest BCUT2D eigenvalue weighted by atomic mass is 10.0. The number of amides is 2. The highest BCUT2D eigenvalue weighted by molar-refractivity contribution is 5.93. The van der Waals surface area contributed by atoms with Crippen LogP contribution in [0.5, 0.6) is 0 Å². The average Bonchev–Trinajstić information content (AvgIpc) is 2.00. The van der Waals surface area contributed by atoms with E-state index in [9.17, 15) is 9.59 Å². The van der Waals surface area contributed by atoms with E-state index in [1.54, 1.807) is 6.92 Å². The Morgan fingerprint density at radius 1 is 1.57 bits per heavy atom. The minimum atomic E-state index is -0.624. The number of hydroxylamine groups is 1. The Hall–Kier alpha value is -1.40. The highest BCUT2D eigenvalue weighted by Gasteiger charge is 2.15. The molecule has 0 aliphatic carbocycles. The fourth-order valence-corrected chi connectivity index (χ4v) is 0.925. The second-order valence-corrected chi connectivity index (χ2v) is 3.02. The summed E-state index contributed by atoms with van der Waals surface area (Å²) in [5, 5.41) is 3.02. The second-order valence-electron chi connectivity index (χ2n) is 3.02. The monoisotopic (exact) mass is 199 g/mol. The predicted octanol–water partition coefficient (Wildman–Crippen LogP) is -1.56. The normalized spacial score (nSPS) is 14.5. The summed E-state index contributed by atoms with van der Waals surface area (Å²) in [4.78, 5) is 26.1. The number of nitrogens with one attached hydrogen (secondary N) is 2. The molecule has 0 aromatic carbocycles. The van der Waals surface area contributed by atoms with Gasteiger partial charge in [-0.05, 0) is 12.5 Å². The maximum absolute atomic E-state index is 11.3. The second kappa shape index (κ2) is 4.73. The number of rotatable bonds is 4. The lowest BCUT2D eigenvalue weighted by Gasteiger charge is -2.21. The van der Waals surface area contributed by atoms with Gasteiger partial charge in [0.05, 0.1) is 0 Å². The van der Waals surface area contributed by atoms with Crippen LogP contribution in [0.1, 0.15) is 6.92 Å². The molecule has 6 nitrogen and oxygen atoms in total. The molecule has 0 aromatic rings. The fourth-order valence-electron chi connectivity index (χ4n) is 0.925. The third-order valence-corrected chi connectivity index (χ3v) is 1.93. The van der Waals surface area contributed by atoms with Crippen molar-refractivity contribution in [3.63, 3.8) is 0 Å². The van der Waals surface area contributed by atoms with Gasteiger partial charge >= 0.3 is 0 Å². The molecule has 0 atom stereocenters. The molecule has 0 unspecified atom stereocenters. The van der Waals surface area contributed by atoms with Crippen molar-refractivity contribution in [2.45, 2.75) is 6.92 Å². The Balaban J connectivity index is 2.31. The van der Waals surface area contributed by atoms with Crippen molar-refractivity contribution in [3.8, 4) is 0 Å². The number of carbonyl (C=O) groups excluding carboxylic acids is 2. The SMILES string of the molecule is CC(C(=O)NOCC(N)=O)=C1CNC1. The largest absolute Gasteiger partial charge is 0.368 e. The fraction of sp³-hybridized carbons (Fsp3) is 0.500. The van der Waals surface area contributed by atoms with Crippen LogP contribution in [0.25, 0.3) is 0 Å². The molecule has 0 saturated carbocycles. The molecule has 1 heterocycles. The molecule has 78 valence electrons. The molecule has 14 heavy (non-hydrogen) atoms. The first-order valence-electron chi connectivity index (χ1n) is 4.21. The average molecular weight is 199 g/mol. The Morgan fingerprint density at radius 3 is 2.64 bits per heavy atom. The first kappa shape index (κ1) is 10.7. The lowest BCUT2D eigenvalue weighted by molar-refractivity contribution is -0.135. The summed E-state index contributed by atoms with van der Waals surface area (Å²) in [6, 6.07) is 0. The van der Waals surface area contributed by atoms with Gasteiger partial charge in [0.2, 0.25) is 5.91 Å². The molecule has 0 aromatic heterocycles. The maximum atomic E-state index is 11.3. The number of hydrogen-bond donors (Lipinski definition) is 3. The zero-order valence-corrected chi connectivity index (χ0v) is 7.92. The Labute approximate surface area is 81.4 Å². The van der Waals surface area contributed by atoms with Crippen LogP contribution in [0, 0.1) is 0 Å². The zero-order valence-electron chi connectivity index (χ0n) is 7.92. The van der Waals surface area contributed by atoms with Gasteiger partial charge in [-0.2, -0.15) is 0 Å². The van der Waals surface area contributed by atoms with Gasteiger partial charge in [-0.1, -0.05) is 0 Å². The van der Waals surface area contributed by atoms with E-state index in [1.165, 1.54) is 0 Å². The van der Waals surface area contributed by atoms with Gasteiger partial charge in [-0.15, -0.1) is 0 Å². The Morgan fingerprint density at radius 2 is 2.21 bits per heavy atom. The van der Waals surface area contributed by atoms with Crippen molar-refractivity contribution in [1.29, 1.82) is 0 Å². The van der Waals surface area contributed by atoms with Crippen molar-refractivity contribution in [1.82, 2.24) is 10.8 Å². The summed E-state index contributed by atoms with van der Waals surface area (Å²) in [5.41, 5.74) is 8.62. The van der Waals surface area contributed by atoms with E-state index in [1.807, 2.05) is 0 Å². The van der Waals surface area contributed by atoms with Gasteiger partial charge in [0.1, 0.15) is 0 Å². The van der Waals surface area contributed by atoms with Gasteiger partial charge in [0.15, 0.2) is 6.61 Å². The van der Waals surface area contributed by atoms with Gasteiger partial charge < -0.3 is 11.1 Å². The quantitative estimate of drug-likeness (QED) is 0.377. The molecule has 6 heteroatoms. The molecular weight excluding hydrogens is 186 g/mol. The molecule has 1 saturated heterocycles. The number of nitrogens with two attached hydrogens (primary N) is 1. The highest BCUT2D eigenvalue weighted by atomic mass is 16.7. The first-order valence-corrected chi connectivity index (χ1v) is 4.21. The van der Waals surface area contributed by atoms with Gasteiger partial charge in [0, 0.05) is 18.7 Å². The van der Waals surface area contributed by atoms with E-state index >= 15 is 0 Å². The number of hydrogen-bond acceptors (Lipinski definition) is 4. The molecule has 1 aliphatic rings. The Bertz CT molecular complexity index is 280. The smallest absolute Gasteiger partial charge is 0.270 e. The number of carbonyl (C=O) groups is 2. The summed E-state index contributed by atoms with van der Waals surface area (Å²) in [5.74, 6) is -0.955. The van der Waals surface area contributed by atoms with Crippen molar-refractivity contribution in [3.05, 3.63) is 11.1 Å². The zero-order chi connectivity index (χ0) is 10.6. The summed E-state index contributed by atoms with van der Waals surface area (Å²) in [7, 11) is 0. The van der Waals surface area contributed by atoms with E-state index in [2.05, 4.69) is 15.6 Å². The predicted molar refractivity (Wildman–Crippen MR) is 48.9 cm³/mol. The molecule has 4 N–H and O–H groups in total. The minimum Gasteiger partial charge on any atom is -0.368 e. The lowest BCUT2D eigenvalue weighted by Crippen LogP contribution is -2.38. The molecule has 0 bridgehead atoms. The molecule has 1 fully saturated rings. The topological polar surface area (TPSA) is 93.4 Å². The van der Waals surface area contributed by atoms with Crippen LogP contribution in [0.2, 0.25) is 0 Å². The molecule has 1 rings (SSSR count). The minimum absolute atomic E-state index is 0.313. The van der Waals surface area contributed by atoms with E-state index < -0.39 is 5.91 Å². The van der Waals surface area contributed by atoms with Crippen molar-refractivity contribution in [2.24, 2.45) is 5.73 Å². The van der Waals surface area contributed by atoms with Crippen LogP contribution in [-0.4, -0.2) is 31.5 Å². The van der Waals surface area contributed by atoms with Crippen LogP contribution in [0.4, 0.5) is 0 Å². The van der Waals surface area contributed by atoms with Crippen molar-refractivity contribution >= 4 is 11.8 Å². The third kappa shape index (κ3) is 2.82. The summed E-state index contributed by atoms with van der Waals surface area (Å²) in [6.07, 6.45) is 0. The van der Waals surface area contributed by atoms with Crippen molar-refractivity contribution in [2.75, 3.05) is 19.7 Å². The van der Waals surface area contributed by atoms with Crippen LogP contribution < -0.4 is 16.5 Å². The molecule has 1 aliphatic heterocycles. The molecular formula is C8H13N3O3. The van der Waals surface area contributed by atoms with Crippen LogP contribution in [0.15, 0.2) is 11.1 Å². The highest BCUT2D eigenvalue weighted by Crippen LogP contribution is 2.08. The Kier molecular flexibility index (Phi) is 3.61. The summed E-state index contributed by atoms with van der Waals surface area (Å²) in [6.45, 7) is 2.86. The maximum Gasteiger partial charge on any atom is 0.270 e. The van der Waals surface area contributed by atoms with E-state index in [4.69, 9.17) is 5.73 Å². The first-order chi connectivity index (χ1) is 6.61. The van der Waals surface area contributed by atoms with Crippen LogP contribution >= 0.6 is 0 Å². The van der Waals surface area contributed by atoms with Gasteiger partial charge in [-0.25, -0.2) is 5.48 Å². The number of primary amides is 1. The van der Waals surface area contributed by atoms with E-state index in [0.29, 0.717) is 5.57 Å². The van der Waals surface area contributed by atoms with Crippen LogP contribution in [0.3, 0.4) is 0 Å². The molecule has 2 amide bonds. The standard InChI is InChI=1S/C8H13N3O3/c1-5(6-2-10-3-6)8(13)11-14-4-7(9)12/h10H,2-4H2,1H3,(H2,9,12)(H,11,13). The molecule has 0 radical (unpaired) electrons. The third-order valence-electron chi connectivity index (χ3n) is 1.93. The van der Waals surface area contributed by atoms with Gasteiger partial charge in [-0.3, -0.25) is 14.4 Å². The summed E-state index contributed by atoms with van der Waals surface area (Å²) < 4.78 is 0. The van der Waals surface area contributed by atoms with Crippen molar-refractivity contribution < 1.29 is 14.4 Å². The van der Waals surface area contributed by atoms with E-state index in [0.717, 1.165) is 18.7 Å². The molecule has 0 spiro atoms. The van der Waals surface area contributed by atoms with Gasteiger partial charge in [0.25, 0.3) is 5.91 Å². The summed E-state index contributed by atoms with van der Waals surface area (Å²) >= 11 is 0. The van der Waals surface area contributed by atoms with Crippen LogP contribution in [-0.2, 0) is 14.4 Å².